The molecule has 0 aliphatic rings. The molecule has 0 radical (unpaired) electrons. The lowest BCUT2D eigenvalue weighted by molar-refractivity contribution is 0.322. The Kier molecular flexibility index (Phi) is 3.26. The van der Waals surface area contributed by atoms with Crippen LogP contribution < -0.4 is 0 Å². The van der Waals surface area contributed by atoms with E-state index in [2.05, 4.69) is 24.2 Å². The number of nitrogens with zero attached hydrogens (tertiary/aromatic N) is 1. The summed E-state index contributed by atoms with van der Waals surface area (Å²) < 4.78 is 0. The Morgan fingerprint density at radius 2 is 1.92 bits per heavy atom. The first-order valence-corrected chi connectivity index (χ1v) is 4.15. The monoisotopic (exact) mass is 175 g/mol. The lowest BCUT2D eigenvalue weighted by Gasteiger charge is -1.99. The molecule has 1 aromatic rings. The van der Waals surface area contributed by atoms with E-state index in [9.17, 15) is 0 Å². The summed E-state index contributed by atoms with van der Waals surface area (Å²) in [4.78, 5) is 0. The highest BCUT2D eigenvalue weighted by Crippen LogP contribution is 2.13. The quantitative estimate of drug-likeness (QED) is 0.418. The highest BCUT2D eigenvalue weighted by Gasteiger charge is 1.92. The zero-order valence-electron chi connectivity index (χ0n) is 7.86. The maximum absolute atomic E-state index is 8.23. The number of oxime groups is 1. The summed E-state index contributed by atoms with van der Waals surface area (Å²) in [6.45, 7) is 4.03. The molecule has 0 unspecified atom stereocenters. The van der Waals surface area contributed by atoms with Gasteiger partial charge in [0.05, 0.1) is 6.21 Å². The van der Waals surface area contributed by atoms with E-state index in [1.807, 2.05) is 19.1 Å². The molecule has 0 bridgehead atoms. The molecule has 0 spiro atoms. The van der Waals surface area contributed by atoms with Crippen molar-refractivity contribution in [3.05, 3.63) is 41.5 Å². The second-order valence-electron chi connectivity index (χ2n) is 2.98. The van der Waals surface area contributed by atoms with Crippen LogP contribution in [0.1, 0.15) is 18.1 Å². The number of benzene rings is 1. The van der Waals surface area contributed by atoms with Crippen LogP contribution in [0, 0.1) is 6.92 Å². The van der Waals surface area contributed by atoms with Gasteiger partial charge in [-0.05, 0) is 31.1 Å². The lowest BCUT2D eigenvalue weighted by atomic mass is 10.1. The van der Waals surface area contributed by atoms with Gasteiger partial charge in [-0.1, -0.05) is 35.0 Å². The lowest BCUT2D eigenvalue weighted by Crippen LogP contribution is -1.80. The largest absolute Gasteiger partial charge is 0.411 e. The maximum Gasteiger partial charge on any atom is 0.0664 e. The standard InChI is InChI=1S/C11H13NO/c1-9-3-5-11(6-4-9)10(2)7-8-12-13/h3-8,13H,1-2H3. The summed E-state index contributed by atoms with van der Waals surface area (Å²) in [5, 5.41) is 11.1. The molecular formula is C11H13NO. The summed E-state index contributed by atoms with van der Waals surface area (Å²) in [6, 6.07) is 8.21. The van der Waals surface area contributed by atoms with Gasteiger partial charge < -0.3 is 5.21 Å². The predicted octanol–water partition coefficient (Wildman–Crippen LogP) is 2.86. The van der Waals surface area contributed by atoms with E-state index >= 15 is 0 Å². The van der Waals surface area contributed by atoms with Crippen LogP contribution in [0.15, 0.2) is 35.5 Å². The molecule has 68 valence electrons. The molecule has 0 aliphatic heterocycles. The Labute approximate surface area is 78.2 Å². The molecule has 13 heavy (non-hydrogen) atoms. The molecule has 1 aromatic carbocycles. The van der Waals surface area contributed by atoms with Crippen LogP contribution in [0.2, 0.25) is 0 Å². The zero-order chi connectivity index (χ0) is 9.68. The molecule has 2 nitrogen and oxygen atoms in total. The van der Waals surface area contributed by atoms with Crippen LogP contribution in [0.5, 0.6) is 0 Å². The van der Waals surface area contributed by atoms with Crippen molar-refractivity contribution in [2.45, 2.75) is 13.8 Å². The summed E-state index contributed by atoms with van der Waals surface area (Å²) >= 11 is 0. The van der Waals surface area contributed by atoms with Crippen LogP contribution in [0.3, 0.4) is 0 Å². The second-order valence-corrected chi connectivity index (χ2v) is 2.98. The first-order valence-electron chi connectivity index (χ1n) is 4.15. The molecule has 0 atom stereocenters. The first-order chi connectivity index (χ1) is 6.24. The Hall–Kier alpha value is -1.57. The Morgan fingerprint density at radius 1 is 1.31 bits per heavy atom. The molecule has 1 rings (SSSR count). The van der Waals surface area contributed by atoms with E-state index in [0.717, 1.165) is 11.1 Å². The molecule has 1 N–H and O–H groups in total. The van der Waals surface area contributed by atoms with Gasteiger partial charge in [-0.15, -0.1) is 0 Å². The van der Waals surface area contributed by atoms with Crippen molar-refractivity contribution in [3.8, 4) is 0 Å². The Morgan fingerprint density at radius 3 is 2.46 bits per heavy atom. The zero-order valence-corrected chi connectivity index (χ0v) is 7.86. The van der Waals surface area contributed by atoms with Crippen molar-refractivity contribution in [1.29, 1.82) is 0 Å². The van der Waals surface area contributed by atoms with Gasteiger partial charge in [0, 0.05) is 0 Å². The van der Waals surface area contributed by atoms with E-state index in [0.29, 0.717) is 0 Å². The second kappa shape index (κ2) is 4.45. The van der Waals surface area contributed by atoms with E-state index in [-0.39, 0.29) is 0 Å². The van der Waals surface area contributed by atoms with Gasteiger partial charge in [-0.25, -0.2) is 0 Å². The van der Waals surface area contributed by atoms with E-state index < -0.39 is 0 Å². The average Bonchev–Trinajstić information content (AvgIpc) is 2.15. The van der Waals surface area contributed by atoms with E-state index in [4.69, 9.17) is 5.21 Å². The summed E-state index contributed by atoms with van der Waals surface area (Å²) in [6.07, 6.45) is 3.14. The van der Waals surface area contributed by atoms with Gasteiger partial charge in [-0.2, -0.15) is 0 Å². The van der Waals surface area contributed by atoms with Gasteiger partial charge in [0.1, 0.15) is 0 Å². The highest BCUT2D eigenvalue weighted by atomic mass is 16.4. The first kappa shape index (κ1) is 9.52. The minimum Gasteiger partial charge on any atom is -0.411 e. The molecule has 0 fully saturated rings. The number of rotatable bonds is 2. The van der Waals surface area contributed by atoms with Crippen LogP contribution >= 0.6 is 0 Å². The SMILES string of the molecule is CC(=CC=NO)c1ccc(C)cc1. The van der Waals surface area contributed by atoms with Crippen molar-refractivity contribution in [2.75, 3.05) is 0 Å². The van der Waals surface area contributed by atoms with Gasteiger partial charge in [0.2, 0.25) is 0 Å². The smallest absolute Gasteiger partial charge is 0.0664 e. The van der Waals surface area contributed by atoms with Crippen molar-refractivity contribution in [2.24, 2.45) is 5.16 Å². The molecular weight excluding hydrogens is 162 g/mol. The molecule has 0 saturated carbocycles. The third kappa shape index (κ3) is 2.75. The van der Waals surface area contributed by atoms with Crippen LogP contribution in [0.25, 0.3) is 5.57 Å². The Bertz CT molecular complexity index is 322. The summed E-state index contributed by atoms with van der Waals surface area (Å²) in [5.74, 6) is 0. The topological polar surface area (TPSA) is 32.6 Å². The van der Waals surface area contributed by atoms with Gasteiger partial charge >= 0.3 is 0 Å². The third-order valence-electron chi connectivity index (χ3n) is 1.90. The van der Waals surface area contributed by atoms with E-state index in [1.165, 1.54) is 11.8 Å². The minimum atomic E-state index is 1.08. The summed E-state index contributed by atoms with van der Waals surface area (Å²) in [5.41, 5.74) is 3.47. The number of hydrogen-bond donors (Lipinski definition) is 1. The van der Waals surface area contributed by atoms with Gasteiger partial charge in [0.25, 0.3) is 0 Å². The van der Waals surface area contributed by atoms with Crippen LogP contribution in [0.4, 0.5) is 0 Å². The number of hydrogen-bond acceptors (Lipinski definition) is 2. The van der Waals surface area contributed by atoms with Crippen molar-refractivity contribution >= 4 is 11.8 Å². The molecule has 0 saturated heterocycles. The van der Waals surface area contributed by atoms with E-state index in [1.54, 1.807) is 6.08 Å². The third-order valence-corrected chi connectivity index (χ3v) is 1.90. The van der Waals surface area contributed by atoms with Crippen LogP contribution in [-0.2, 0) is 0 Å². The number of aryl methyl sites for hydroxylation is 1. The number of allylic oxidation sites excluding steroid dienone is 2. The normalized spacial score (nSPS) is 12.3. The van der Waals surface area contributed by atoms with Crippen molar-refractivity contribution in [3.63, 3.8) is 0 Å². The maximum atomic E-state index is 8.23. The van der Waals surface area contributed by atoms with Crippen molar-refractivity contribution < 1.29 is 5.21 Å². The average molecular weight is 175 g/mol. The molecule has 0 aromatic heterocycles. The van der Waals surface area contributed by atoms with Gasteiger partial charge in [0.15, 0.2) is 0 Å². The molecule has 2 heteroatoms. The fourth-order valence-electron chi connectivity index (χ4n) is 1.06. The van der Waals surface area contributed by atoms with Crippen LogP contribution in [-0.4, -0.2) is 11.4 Å². The highest BCUT2D eigenvalue weighted by molar-refractivity contribution is 5.83. The minimum absolute atomic E-state index is 1.08. The molecule has 0 amide bonds. The fraction of sp³-hybridized carbons (Fsp3) is 0.182. The summed E-state index contributed by atoms with van der Waals surface area (Å²) in [7, 11) is 0. The Balaban J connectivity index is 2.89. The fourth-order valence-corrected chi connectivity index (χ4v) is 1.06. The molecule has 0 heterocycles. The van der Waals surface area contributed by atoms with Crippen molar-refractivity contribution in [1.82, 2.24) is 0 Å². The molecule has 0 aliphatic carbocycles. The predicted molar refractivity (Wildman–Crippen MR) is 55.1 cm³/mol. The van der Waals surface area contributed by atoms with Gasteiger partial charge in [-0.3, -0.25) is 0 Å².